The van der Waals surface area contributed by atoms with Crippen molar-refractivity contribution in [2.75, 3.05) is 6.54 Å². The van der Waals surface area contributed by atoms with E-state index in [-0.39, 0.29) is 5.91 Å². The molecule has 0 aliphatic rings. The second-order valence-corrected chi connectivity index (χ2v) is 7.17. The van der Waals surface area contributed by atoms with Crippen LogP contribution in [0.3, 0.4) is 0 Å². The average Bonchev–Trinajstić information content (AvgIpc) is 2.96. The van der Waals surface area contributed by atoms with Crippen LogP contribution in [0, 0.1) is 6.92 Å². The number of rotatable bonds is 6. The fraction of sp³-hybridized carbons (Fsp3) is 0.211. The van der Waals surface area contributed by atoms with Crippen LogP contribution in [-0.2, 0) is 17.6 Å². The van der Waals surface area contributed by atoms with Crippen LogP contribution >= 0.6 is 22.9 Å². The highest BCUT2D eigenvalue weighted by molar-refractivity contribution is 7.15. The van der Waals surface area contributed by atoms with Crippen molar-refractivity contribution in [3.63, 3.8) is 0 Å². The summed E-state index contributed by atoms with van der Waals surface area (Å²) in [6.07, 6.45) is 2.84. The van der Waals surface area contributed by atoms with Crippen molar-refractivity contribution in [3.05, 3.63) is 69.8 Å². The third-order valence-electron chi connectivity index (χ3n) is 3.72. The van der Waals surface area contributed by atoms with E-state index in [4.69, 9.17) is 11.6 Å². The number of halogens is 1. The first-order valence-electron chi connectivity index (χ1n) is 8.00. The molecule has 6 heteroatoms. The van der Waals surface area contributed by atoms with Gasteiger partial charge in [-0.2, -0.15) is 0 Å². The molecule has 0 bridgehead atoms. The molecule has 0 atom stereocenters. The van der Waals surface area contributed by atoms with Gasteiger partial charge >= 0.3 is 0 Å². The minimum atomic E-state index is 0.00125. The number of aromatic nitrogens is 2. The second-order valence-electron chi connectivity index (χ2n) is 5.65. The molecule has 0 aliphatic carbocycles. The van der Waals surface area contributed by atoms with E-state index in [1.807, 2.05) is 49.4 Å². The lowest BCUT2D eigenvalue weighted by Gasteiger charge is -2.05. The van der Waals surface area contributed by atoms with Gasteiger partial charge in [0.2, 0.25) is 5.91 Å². The average molecular weight is 372 g/mol. The van der Waals surface area contributed by atoms with Crippen LogP contribution in [0.4, 0.5) is 0 Å². The van der Waals surface area contributed by atoms with Gasteiger partial charge in [0.25, 0.3) is 0 Å². The van der Waals surface area contributed by atoms with Crippen LogP contribution in [0.2, 0.25) is 5.02 Å². The Morgan fingerprint density at radius 1 is 1.24 bits per heavy atom. The number of hydrogen-bond acceptors (Lipinski definition) is 4. The van der Waals surface area contributed by atoms with Crippen molar-refractivity contribution in [3.8, 4) is 10.7 Å². The summed E-state index contributed by atoms with van der Waals surface area (Å²) < 4.78 is 0. The molecule has 3 aromatic rings. The highest BCUT2D eigenvalue weighted by Crippen LogP contribution is 2.26. The number of pyridine rings is 1. The zero-order valence-electron chi connectivity index (χ0n) is 13.8. The number of nitrogens with one attached hydrogen (secondary N) is 1. The molecule has 2 heterocycles. The van der Waals surface area contributed by atoms with E-state index in [0.29, 0.717) is 18.0 Å². The second kappa shape index (κ2) is 8.23. The number of thiazole rings is 1. The van der Waals surface area contributed by atoms with Crippen molar-refractivity contribution in [2.45, 2.75) is 19.8 Å². The highest BCUT2D eigenvalue weighted by atomic mass is 35.5. The summed E-state index contributed by atoms with van der Waals surface area (Å²) in [5, 5.41) is 4.52. The lowest BCUT2D eigenvalue weighted by molar-refractivity contribution is -0.120. The maximum absolute atomic E-state index is 12.2. The summed E-state index contributed by atoms with van der Waals surface area (Å²) in [5.41, 5.74) is 2.83. The minimum Gasteiger partial charge on any atom is -0.355 e. The number of carbonyl (C=O) groups is 1. The normalized spacial score (nSPS) is 10.6. The molecule has 0 radical (unpaired) electrons. The molecule has 1 aromatic carbocycles. The summed E-state index contributed by atoms with van der Waals surface area (Å²) in [6.45, 7) is 2.52. The molecule has 0 aliphatic heterocycles. The first-order valence-corrected chi connectivity index (χ1v) is 9.20. The topological polar surface area (TPSA) is 54.9 Å². The zero-order valence-corrected chi connectivity index (χ0v) is 15.4. The van der Waals surface area contributed by atoms with Gasteiger partial charge in [-0.25, -0.2) is 4.98 Å². The number of benzene rings is 1. The molecule has 128 valence electrons. The molecule has 1 N–H and O–H groups in total. The van der Waals surface area contributed by atoms with Crippen molar-refractivity contribution in [1.82, 2.24) is 15.3 Å². The number of aryl methyl sites for hydroxylation is 1. The lowest BCUT2D eigenvalue weighted by atomic mass is 10.1. The van der Waals surface area contributed by atoms with E-state index in [0.717, 1.165) is 33.3 Å². The Kier molecular flexibility index (Phi) is 5.79. The Hall–Kier alpha value is -2.24. The fourth-order valence-electron chi connectivity index (χ4n) is 2.44. The first-order chi connectivity index (χ1) is 12.1. The molecule has 0 saturated carbocycles. The van der Waals surface area contributed by atoms with Gasteiger partial charge in [-0.1, -0.05) is 29.8 Å². The van der Waals surface area contributed by atoms with E-state index in [2.05, 4.69) is 15.3 Å². The first kappa shape index (κ1) is 17.6. The van der Waals surface area contributed by atoms with Gasteiger partial charge in [0.15, 0.2) is 0 Å². The van der Waals surface area contributed by atoms with Crippen LogP contribution in [0.1, 0.15) is 16.1 Å². The van der Waals surface area contributed by atoms with Crippen LogP contribution in [-0.4, -0.2) is 22.4 Å². The van der Waals surface area contributed by atoms with Gasteiger partial charge in [0.05, 0.1) is 17.8 Å². The smallest absolute Gasteiger partial charge is 0.225 e. The Morgan fingerprint density at radius 2 is 2.12 bits per heavy atom. The SMILES string of the molecule is Cc1nc(-c2ccccn2)sc1CC(=O)NCCc1cccc(Cl)c1. The number of nitrogens with zero attached hydrogens (tertiary/aromatic N) is 2. The maximum Gasteiger partial charge on any atom is 0.225 e. The third-order valence-corrected chi connectivity index (χ3v) is 5.14. The van der Waals surface area contributed by atoms with Gasteiger partial charge in [0, 0.05) is 22.6 Å². The van der Waals surface area contributed by atoms with Gasteiger partial charge in [-0.3, -0.25) is 9.78 Å². The molecule has 25 heavy (non-hydrogen) atoms. The Labute approximate surface area is 155 Å². The quantitative estimate of drug-likeness (QED) is 0.710. The van der Waals surface area contributed by atoms with Gasteiger partial charge in [-0.15, -0.1) is 11.3 Å². The van der Waals surface area contributed by atoms with Crippen molar-refractivity contribution < 1.29 is 4.79 Å². The molecule has 3 rings (SSSR count). The molecule has 1 amide bonds. The molecule has 0 saturated heterocycles. The van der Waals surface area contributed by atoms with Crippen molar-refractivity contribution in [2.24, 2.45) is 0 Å². The van der Waals surface area contributed by atoms with E-state index in [1.165, 1.54) is 11.3 Å². The molecule has 4 nitrogen and oxygen atoms in total. The Morgan fingerprint density at radius 3 is 2.88 bits per heavy atom. The largest absolute Gasteiger partial charge is 0.355 e. The zero-order chi connectivity index (χ0) is 17.6. The highest BCUT2D eigenvalue weighted by Gasteiger charge is 2.13. The standard InChI is InChI=1S/C19H18ClN3OS/c1-13-17(25-19(23-13)16-7-2-3-9-21-16)12-18(24)22-10-8-14-5-4-6-15(20)11-14/h2-7,9,11H,8,10,12H2,1H3,(H,22,24). The molecular formula is C19H18ClN3OS. The summed E-state index contributed by atoms with van der Waals surface area (Å²) in [7, 11) is 0. The van der Waals surface area contributed by atoms with Crippen LogP contribution in [0.25, 0.3) is 10.7 Å². The maximum atomic E-state index is 12.2. The Bertz CT molecular complexity index is 864. The molecule has 0 unspecified atom stereocenters. The number of hydrogen-bond donors (Lipinski definition) is 1. The predicted octanol–water partition coefficient (Wildman–Crippen LogP) is 4.07. The molecule has 0 spiro atoms. The van der Waals surface area contributed by atoms with Gasteiger partial charge in [-0.05, 0) is 43.2 Å². The van der Waals surface area contributed by atoms with E-state index in [1.54, 1.807) is 6.20 Å². The number of amides is 1. The van der Waals surface area contributed by atoms with Crippen LogP contribution < -0.4 is 5.32 Å². The predicted molar refractivity (Wildman–Crippen MR) is 102 cm³/mol. The van der Waals surface area contributed by atoms with E-state index in [9.17, 15) is 4.79 Å². The lowest BCUT2D eigenvalue weighted by Crippen LogP contribution is -2.27. The van der Waals surface area contributed by atoms with Crippen LogP contribution in [0.5, 0.6) is 0 Å². The monoisotopic (exact) mass is 371 g/mol. The Balaban J connectivity index is 1.55. The number of carbonyl (C=O) groups excluding carboxylic acids is 1. The fourth-order valence-corrected chi connectivity index (χ4v) is 3.69. The van der Waals surface area contributed by atoms with Gasteiger partial charge in [0.1, 0.15) is 5.01 Å². The minimum absolute atomic E-state index is 0.00125. The van der Waals surface area contributed by atoms with E-state index >= 15 is 0 Å². The molecule has 2 aromatic heterocycles. The van der Waals surface area contributed by atoms with E-state index < -0.39 is 0 Å². The summed E-state index contributed by atoms with van der Waals surface area (Å²) in [5.74, 6) is 0.00125. The van der Waals surface area contributed by atoms with Crippen LogP contribution in [0.15, 0.2) is 48.7 Å². The summed E-state index contributed by atoms with van der Waals surface area (Å²) >= 11 is 7.49. The summed E-state index contributed by atoms with van der Waals surface area (Å²) in [4.78, 5) is 22.0. The molecular weight excluding hydrogens is 354 g/mol. The van der Waals surface area contributed by atoms with Gasteiger partial charge < -0.3 is 5.32 Å². The molecule has 0 fully saturated rings. The van der Waals surface area contributed by atoms with Crippen molar-refractivity contribution >= 4 is 28.8 Å². The third kappa shape index (κ3) is 4.87. The van der Waals surface area contributed by atoms with Crippen molar-refractivity contribution in [1.29, 1.82) is 0 Å². The summed E-state index contributed by atoms with van der Waals surface area (Å²) in [6, 6.07) is 13.4.